The summed E-state index contributed by atoms with van der Waals surface area (Å²) in [5.41, 5.74) is 1.34. The van der Waals surface area contributed by atoms with Gasteiger partial charge in [-0.05, 0) is 24.6 Å². The number of nitrogens with zero attached hydrogens (tertiary/aromatic N) is 1. The van der Waals surface area contributed by atoms with Crippen molar-refractivity contribution in [3.63, 3.8) is 0 Å². The molecule has 0 aliphatic carbocycles. The molecule has 0 unspecified atom stereocenters. The van der Waals surface area contributed by atoms with Crippen molar-refractivity contribution in [3.8, 4) is 0 Å². The van der Waals surface area contributed by atoms with E-state index in [2.05, 4.69) is 4.98 Å². The number of nitrogens with one attached hydrogen (secondary N) is 1. The van der Waals surface area contributed by atoms with Gasteiger partial charge in [-0.1, -0.05) is 11.6 Å². The lowest BCUT2D eigenvalue weighted by Crippen LogP contribution is -2.04. The Morgan fingerprint density at radius 2 is 2.11 bits per heavy atom. The minimum atomic E-state index is -0.556. The van der Waals surface area contributed by atoms with Crippen molar-refractivity contribution in [1.29, 1.82) is 0 Å². The number of carbonyl (C=O) groups excluding carboxylic acids is 1. The average molecular weight is 265 g/mol. The van der Waals surface area contributed by atoms with Crippen LogP contribution in [0.15, 0.2) is 30.5 Å². The Kier molecular flexibility index (Phi) is 3.16. The molecule has 1 aromatic carbocycles. The number of ketones is 1. The standard InChI is InChI=1S/C12H9ClN2O3/c1-7-4-5-14-11(7)12(16)9-3-2-8(15(17)18)6-10(9)13/h2-6,14H,1H3. The third-order valence-electron chi connectivity index (χ3n) is 2.59. The highest BCUT2D eigenvalue weighted by molar-refractivity contribution is 6.35. The number of halogens is 1. The Morgan fingerprint density at radius 3 is 2.61 bits per heavy atom. The molecule has 1 aromatic heterocycles. The second-order valence-corrected chi connectivity index (χ2v) is 4.19. The molecule has 2 rings (SSSR count). The number of hydrogen-bond donors (Lipinski definition) is 1. The topological polar surface area (TPSA) is 76.0 Å². The number of hydrogen-bond acceptors (Lipinski definition) is 3. The number of non-ortho nitro benzene ring substituents is 1. The van der Waals surface area contributed by atoms with Crippen LogP contribution in [-0.4, -0.2) is 15.7 Å². The predicted molar refractivity (Wildman–Crippen MR) is 67.1 cm³/mol. The van der Waals surface area contributed by atoms with Crippen molar-refractivity contribution in [1.82, 2.24) is 4.98 Å². The summed E-state index contributed by atoms with van der Waals surface area (Å²) in [6.45, 7) is 1.79. The molecule has 2 aromatic rings. The molecule has 0 saturated carbocycles. The summed E-state index contributed by atoms with van der Waals surface area (Å²) in [7, 11) is 0. The summed E-state index contributed by atoms with van der Waals surface area (Å²) >= 11 is 5.90. The minimum Gasteiger partial charge on any atom is -0.358 e. The zero-order chi connectivity index (χ0) is 13.3. The van der Waals surface area contributed by atoms with Crippen LogP contribution in [0.4, 0.5) is 5.69 Å². The molecule has 0 amide bonds. The number of rotatable bonds is 3. The summed E-state index contributed by atoms with van der Waals surface area (Å²) in [5, 5.41) is 10.6. The van der Waals surface area contributed by atoms with Crippen LogP contribution >= 0.6 is 11.6 Å². The highest BCUT2D eigenvalue weighted by Crippen LogP contribution is 2.25. The van der Waals surface area contributed by atoms with E-state index in [-0.39, 0.29) is 22.1 Å². The summed E-state index contributed by atoms with van der Waals surface area (Å²) in [6, 6.07) is 5.57. The third kappa shape index (κ3) is 2.12. The fourth-order valence-corrected chi connectivity index (χ4v) is 1.89. The van der Waals surface area contributed by atoms with Crippen LogP contribution in [0.1, 0.15) is 21.6 Å². The molecule has 92 valence electrons. The molecular weight excluding hydrogens is 256 g/mol. The van der Waals surface area contributed by atoms with Gasteiger partial charge < -0.3 is 4.98 Å². The number of carbonyl (C=O) groups is 1. The summed E-state index contributed by atoms with van der Waals surface area (Å²) in [4.78, 5) is 25.0. The quantitative estimate of drug-likeness (QED) is 0.526. The van der Waals surface area contributed by atoms with Gasteiger partial charge in [0.15, 0.2) is 0 Å². The predicted octanol–water partition coefficient (Wildman–Crippen LogP) is 3.12. The fourth-order valence-electron chi connectivity index (χ4n) is 1.63. The lowest BCUT2D eigenvalue weighted by molar-refractivity contribution is -0.384. The first-order valence-electron chi connectivity index (χ1n) is 5.13. The van der Waals surface area contributed by atoms with E-state index in [0.29, 0.717) is 5.69 Å². The largest absolute Gasteiger partial charge is 0.358 e. The Hall–Kier alpha value is -2.14. The maximum absolute atomic E-state index is 12.1. The van der Waals surface area contributed by atoms with E-state index < -0.39 is 4.92 Å². The summed E-state index contributed by atoms with van der Waals surface area (Å²) in [6.07, 6.45) is 1.65. The van der Waals surface area contributed by atoms with Gasteiger partial charge in [0, 0.05) is 23.9 Å². The smallest absolute Gasteiger partial charge is 0.270 e. The molecule has 0 aliphatic heterocycles. The van der Waals surface area contributed by atoms with Gasteiger partial charge in [-0.2, -0.15) is 0 Å². The number of H-pyrrole nitrogens is 1. The molecule has 0 radical (unpaired) electrons. The summed E-state index contributed by atoms with van der Waals surface area (Å²) < 4.78 is 0. The van der Waals surface area contributed by atoms with Gasteiger partial charge in [0.2, 0.25) is 5.78 Å². The highest BCUT2D eigenvalue weighted by Gasteiger charge is 2.18. The van der Waals surface area contributed by atoms with Gasteiger partial charge in [0.05, 0.1) is 15.6 Å². The summed E-state index contributed by atoms with van der Waals surface area (Å²) in [5.74, 6) is -0.280. The SMILES string of the molecule is Cc1cc[nH]c1C(=O)c1ccc([N+](=O)[O-])cc1Cl. The van der Waals surface area contributed by atoms with Crippen LogP contribution in [-0.2, 0) is 0 Å². The normalized spacial score (nSPS) is 10.3. The van der Waals surface area contributed by atoms with E-state index >= 15 is 0 Å². The van der Waals surface area contributed by atoms with Crippen molar-refractivity contribution in [3.05, 3.63) is 62.4 Å². The molecule has 0 aliphatic rings. The maximum Gasteiger partial charge on any atom is 0.270 e. The van der Waals surface area contributed by atoms with Crippen LogP contribution < -0.4 is 0 Å². The minimum absolute atomic E-state index is 0.0724. The molecule has 6 heteroatoms. The first kappa shape index (κ1) is 12.3. The highest BCUT2D eigenvalue weighted by atomic mass is 35.5. The van der Waals surface area contributed by atoms with Gasteiger partial charge in [0.1, 0.15) is 0 Å². The van der Waals surface area contributed by atoms with Gasteiger partial charge in [0.25, 0.3) is 5.69 Å². The monoisotopic (exact) mass is 264 g/mol. The fraction of sp³-hybridized carbons (Fsp3) is 0.0833. The Bertz CT molecular complexity index is 634. The van der Waals surface area contributed by atoms with Gasteiger partial charge in [-0.3, -0.25) is 14.9 Å². The van der Waals surface area contributed by atoms with Gasteiger partial charge >= 0.3 is 0 Å². The molecule has 1 N–H and O–H groups in total. The molecule has 0 bridgehead atoms. The lowest BCUT2D eigenvalue weighted by Gasteiger charge is -2.03. The van der Waals surface area contributed by atoms with Gasteiger partial charge in [-0.25, -0.2) is 0 Å². The average Bonchev–Trinajstić information content (AvgIpc) is 2.74. The Balaban J connectivity index is 2.44. The number of benzene rings is 1. The molecule has 0 atom stereocenters. The van der Waals surface area contributed by atoms with Crippen molar-refractivity contribution in [2.24, 2.45) is 0 Å². The molecular formula is C12H9ClN2O3. The molecule has 1 heterocycles. The van der Waals surface area contributed by atoms with Crippen molar-refractivity contribution < 1.29 is 9.72 Å². The van der Waals surface area contributed by atoms with E-state index in [1.165, 1.54) is 18.2 Å². The van der Waals surface area contributed by atoms with E-state index in [4.69, 9.17) is 11.6 Å². The van der Waals surface area contributed by atoms with E-state index in [0.717, 1.165) is 5.56 Å². The second kappa shape index (κ2) is 4.62. The molecule has 5 nitrogen and oxygen atoms in total. The number of aromatic nitrogens is 1. The van der Waals surface area contributed by atoms with Crippen molar-refractivity contribution in [2.75, 3.05) is 0 Å². The first-order valence-corrected chi connectivity index (χ1v) is 5.51. The zero-order valence-electron chi connectivity index (χ0n) is 9.44. The number of aryl methyl sites for hydroxylation is 1. The zero-order valence-corrected chi connectivity index (χ0v) is 10.2. The molecule has 18 heavy (non-hydrogen) atoms. The van der Waals surface area contributed by atoms with Crippen LogP contribution in [0.5, 0.6) is 0 Å². The van der Waals surface area contributed by atoms with Crippen LogP contribution in [0.3, 0.4) is 0 Å². The molecule has 0 fully saturated rings. The van der Waals surface area contributed by atoms with Crippen LogP contribution in [0, 0.1) is 17.0 Å². The number of nitro groups is 1. The van der Waals surface area contributed by atoms with Crippen LogP contribution in [0.2, 0.25) is 5.02 Å². The Labute approximate surface area is 108 Å². The van der Waals surface area contributed by atoms with E-state index in [1.54, 1.807) is 19.2 Å². The van der Waals surface area contributed by atoms with Crippen molar-refractivity contribution in [2.45, 2.75) is 6.92 Å². The lowest BCUT2D eigenvalue weighted by atomic mass is 10.1. The molecule has 0 spiro atoms. The second-order valence-electron chi connectivity index (χ2n) is 3.79. The van der Waals surface area contributed by atoms with Crippen molar-refractivity contribution >= 4 is 23.1 Å². The maximum atomic E-state index is 12.1. The van der Waals surface area contributed by atoms with Crippen LogP contribution in [0.25, 0.3) is 0 Å². The third-order valence-corrected chi connectivity index (χ3v) is 2.90. The van der Waals surface area contributed by atoms with E-state index in [1.807, 2.05) is 0 Å². The first-order chi connectivity index (χ1) is 8.50. The van der Waals surface area contributed by atoms with Gasteiger partial charge in [-0.15, -0.1) is 0 Å². The number of aromatic amines is 1. The number of nitro benzene ring substituents is 1. The Morgan fingerprint density at radius 1 is 1.39 bits per heavy atom. The molecule has 0 saturated heterocycles. The van der Waals surface area contributed by atoms with E-state index in [9.17, 15) is 14.9 Å².